The molecule has 12 N–H and O–H groups in total. The van der Waals surface area contributed by atoms with Crippen molar-refractivity contribution in [1.29, 1.82) is 0 Å². The smallest absolute Gasteiger partial charge is 0.326 e. The Kier molecular flexibility index (Phi) is 19.5. The number of thioether (sulfide) groups is 2. The maximum absolute atomic E-state index is 13.1. The zero-order chi connectivity index (χ0) is 28.2. The second-order valence-corrected chi connectivity index (χ2v) is 10.4. The summed E-state index contributed by atoms with van der Waals surface area (Å²) < 4.78 is 0. The monoisotopic (exact) mass is 564 g/mol. The summed E-state index contributed by atoms with van der Waals surface area (Å²) in [6, 6.07) is -3.83. The van der Waals surface area contributed by atoms with Crippen molar-refractivity contribution in [1.82, 2.24) is 16.0 Å². The summed E-state index contributed by atoms with van der Waals surface area (Å²) in [6.45, 7) is 0.625. The molecule has 0 rings (SSSR count). The van der Waals surface area contributed by atoms with Gasteiger partial charge in [-0.05, 0) is 75.5 Å². The first-order chi connectivity index (χ1) is 17.6. The predicted octanol–water partition coefficient (Wildman–Crippen LogP) is -1.46. The number of rotatable bonds is 21. The second-order valence-electron chi connectivity index (χ2n) is 8.42. The average Bonchev–Trinajstić information content (AvgIpc) is 2.85. The summed E-state index contributed by atoms with van der Waals surface area (Å²) in [7, 11) is 0. The molecular weight excluding hydrogens is 520 g/mol. The third-order valence-corrected chi connectivity index (χ3v) is 6.64. The molecule has 0 heterocycles. The highest BCUT2D eigenvalue weighted by molar-refractivity contribution is 7.98. The SMILES string of the molecule is CSCCC(N)C(=O)NC(CCSC)C(=O)NC(CCCCN)C(=O)NC(CCCN=C(N)N)C(=O)O. The van der Waals surface area contributed by atoms with E-state index >= 15 is 0 Å². The lowest BCUT2D eigenvalue weighted by Crippen LogP contribution is -2.57. The fourth-order valence-corrected chi connectivity index (χ4v) is 4.19. The van der Waals surface area contributed by atoms with Crippen LogP contribution in [0.5, 0.6) is 0 Å². The van der Waals surface area contributed by atoms with Crippen LogP contribution in [0.1, 0.15) is 44.9 Å². The Morgan fingerprint density at radius 1 is 0.784 bits per heavy atom. The van der Waals surface area contributed by atoms with Gasteiger partial charge in [-0.15, -0.1) is 0 Å². The lowest BCUT2D eigenvalue weighted by atomic mass is 10.1. The zero-order valence-electron chi connectivity index (χ0n) is 21.7. The molecule has 3 amide bonds. The largest absolute Gasteiger partial charge is 0.480 e. The van der Waals surface area contributed by atoms with Crippen LogP contribution in [0.25, 0.3) is 0 Å². The fraction of sp³-hybridized carbons (Fsp3) is 0.773. The number of hydrogen-bond donors (Lipinski definition) is 8. The molecular formula is C22H44N8O5S2. The highest BCUT2D eigenvalue weighted by Gasteiger charge is 2.29. The number of nitrogens with zero attached hydrogens (tertiary/aromatic N) is 1. The Morgan fingerprint density at radius 2 is 1.30 bits per heavy atom. The van der Waals surface area contributed by atoms with Crippen LogP contribution in [0.2, 0.25) is 0 Å². The van der Waals surface area contributed by atoms with Crippen molar-refractivity contribution in [2.45, 2.75) is 69.1 Å². The van der Waals surface area contributed by atoms with Gasteiger partial charge >= 0.3 is 5.97 Å². The quantitative estimate of drug-likeness (QED) is 0.0455. The van der Waals surface area contributed by atoms with Gasteiger partial charge in [0.15, 0.2) is 5.96 Å². The molecule has 0 radical (unpaired) electrons. The number of nitrogens with one attached hydrogen (secondary N) is 3. The van der Waals surface area contributed by atoms with E-state index in [1.807, 2.05) is 12.5 Å². The number of guanidine groups is 1. The van der Waals surface area contributed by atoms with Gasteiger partial charge in [0.1, 0.15) is 18.1 Å². The number of aliphatic carboxylic acids is 1. The molecule has 0 fully saturated rings. The molecule has 0 aromatic carbocycles. The molecule has 0 bridgehead atoms. The molecule has 0 aromatic heterocycles. The van der Waals surface area contributed by atoms with E-state index in [4.69, 9.17) is 22.9 Å². The third-order valence-electron chi connectivity index (χ3n) is 5.35. The van der Waals surface area contributed by atoms with Crippen LogP contribution >= 0.6 is 23.5 Å². The lowest BCUT2D eigenvalue weighted by Gasteiger charge is -2.25. The van der Waals surface area contributed by atoms with Gasteiger partial charge < -0.3 is 44.0 Å². The number of carboxylic acids is 1. The molecule has 4 unspecified atom stereocenters. The van der Waals surface area contributed by atoms with Crippen molar-refractivity contribution in [3.8, 4) is 0 Å². The van der Waals surface area contributed by atoms with Gasteiger partial charge in [0.25, 0.3) is 0 Å². The Balaban J connectivity index is 5.42. The molecule has 37 heavy (non-hydrogen) atoms. The first-order valence-corrected chi connectivity index (χ1v) is 15.0. The molecule has 0 aliphatic heterocycles. The summed E-state index contributed by atoms with van der Waals surface area (Å²) in [4.78, 5) is 54.2. The number of unbranched alkanes of at least 4 members (excludes halogenated alkanes) is 1. The van der Waals surface area contributed by atoms with Crippen LogP contribution in [0, 0.1) is 0 Å². The van der Waals surface area contributed by atoms with Gasteiger partial charge in [0.05, 0.1) is 6.04 Å². The molecule has 0 spiro atoms. The Labute approximate surface area is 227 Å². The van der Waals surface area contributed by atoms with Gasteiger partial charge in [-0.1, -0.05) is 0 Å². The Hall–Kier alpha value is -2.23. The summed E-state index contributed by atoms with van der Waals surface area (Å²) in [5, 5.41) is 17.4. The number of aliphatic imine (C=N–C) groups is 1. The molecule has 13 nitrogen and oxygen atoms in total. The lowest BCUT2D eigenvalue weighted by molar-refractivity contribution is -0.142. The summed E-state index contributed by atoms with van der Waals surface area (Å²) in [5.74, 6) is -1.62. The molecule has 0 saturated heterocycles. The molecule has 4 atom stereocenters. The predicted molar refractivity (Wildman–Crippen MR) is 150 cm³/mol. The molecule has 15 heteroatoms. The number of hydrogen-bond acceptors (Lipinski definition) is 9. The molecule has 0 aromatic rings. The van der Waals surface area contributed by atoms with E-state index in [9.17, 15) is 24.3 Å². The van der Waals surface area contributed by atoms with Crippen molar-refractivity contribution in [3.63, 3.8) is 0 Å². The minimum atomic E-state index is -1.21. The van der Waals surface area contributed by atoms with Crippen molar-refractivity contribution in [2.75, 3.05) is 37.1 Å². The van der Waals surface area contributed by atoms with Crippen LogP contribution in [-0.2, 0) is 19.2 Å². The summed E-state index contributed by atoms with van der Waals surface area (Å²) >= 11 is 3.08. The van der Waals surface area contributed by atoms with E-state index < -0.39 is 47.9 Å². The normalized spacial score (nSPS) is 14.1. The first-order valence-electron chi connectivity index (χ1n) is 12.2. The third kappa shape index (κ3) is 16.3. The van der Waals surface area contributed by atoms with Crippen LogP contribution in [0.15, 0.2) is 4.99 Å². The van der Waals surface area contributed by atoms with Gasteiger partial charge in [-0.2, -0.15) is 23.5 Å². The molecule has 0 saturated carbocycles. The number of amides is 3. The highest BCUT2D eigenvalue weighted by Crippen LogP contribution is 2.08. The second kappa shape index (κ2) is 20.8. The van der Waals surface area contributed by atoms with E-state index in [2.05, 4.69) is 20.9 Å². The molecule has 0 aliphatic carbocycles. The first kappa shape index (κ1) is 34.8. The van der Waals surface area contributed by atoms with E-state index in [1.165, 1.54) is 11.8 Å². The van der Waals surface area contributed by atoms with Crippen molar-refractivity contribution in [3.05, 3.63) is 0 Å². The van der Waals surface area contributed by atoms with E-state index in [0.29, 0.717) is 50.2 Å². The zero-order valence-corrected chi connectivity index (χ0v) is 23.4. The van der Waals surface area contributed by atoms with Gasteiger partial charge in [0.2, 0.25) is 17.7 Å². The van der Waals surface area contributed by atoms with Gasteiger partial charge in [0, 0.05) is 6.54 Å². The van der Waals surface area contributed by atoms with Gasteiger partial charge in [-0.25, -0.2) is 4.79 Å². The number of carbonyl (C=O) groups excluding carboxylic acids is 3. The van der Waals surface area contributed by atoms with E-state index in [-0.39, 0.29) is 25.3 Å². The van der Waals surface area contributed by atoms with Gasteiger partial charge in [-0.3, -0.25) is 19.4 Å². The van der Waals surface area contributed by atoms with Crippen molar-refractivity contribution < 1.29 is 24.3 Å². The number of carboxylic acid groups (broad SMARTS) is 1. The summed E-state index contributed by atoms with van der Waals surface area (Å²) in [6.07, 6.45) is 6.45. The number of carbonyl (C=O) groups is 4. The van der Waals surface area contributed by atoms with Crippen LogP contribution in [-0.4, -0.2) is 96.0 Å². The van der Waals surface area contributed by atoms with E-state index in [0.717, 1.165) is 0 Å². The minimum absolute atomic E-state index is 0.0989. The minimum Gasteiger partial charge on any atom is -0.480 e. The number of nitrogens with two attached hydrogens (primary N) is 4. The van der Waals surface area contributed by atoms with Crippen molar-refractivity contribution >= 4 is 53.2 Å². The maximum Gasteiger partial charge on any atom is 0.326 e. The Bertz CT molecular complexity index is 740. The van der Waals surface area contributed by atoms with Crippen LogP contribution < -0.4 is 38.9 Å². The maximum atomic E-state index is 13.1. The fourth-order valence-electron chi connectivity index (χ4n) is 3.23. The van der Waals surface area contributed by atoms with Crippen LogP contribution in [0.4, 0.5) is 0 Å². The van der Waals surface area contributed by atoms with Crippen molar-refractivity contribution in [2.24, 2.45) is 27.9 Å². The van der Waals surface area contributed by atoms with Crippen LogP contribution in [0.3, 0.4) is 0 Å². The summed E-state index contributed by atoms with van der Waals surface area (Å²) in [5.41, 5.74) is 22.1. The highest BCUT2D eigenvalue weighted by atomic mass is 32.2. The molecule has 214 valence electrons. The van der Waals surface area contributed by atoms with E-state index in [1.54, 1.807) is 11.8 Å². The Morgan fingerprint density at radius 3 is 1.84 bits per heavy atom. The topological polar surface area (TPSA) is 241 Å². The average molecular weight is 565 g/mol. The molecule has 0 aliphatic rings. The standard InChI is InChI=1S/C22H44N8O5S2/c1-36-12-8-14(24)18(31)28-16(9-13-37-2)20(33)29-15(6-3-4-10-23)19(32)30-17(21(34)35)7-5-11-27-22(25)26/h14-17H,3-13,23-24H2,1-2H3,(H,28,31)(H,29,33)(H,30,32)(H,34,35)(H4,25,26,27).